The van der Waals surface area contributed by atoms with Crippen molar-refractivity contribution in [2.45, 2.75) is 71.8 Å². The van der Waals surface area contributed by atoms with E-state index in [0.29, 0.717) is 42.4 Å². The van der Waals surface area contributed by atoms with E-state index in [1.165, 1.54) is 46.2 Å². The Hall–Kier alpha value is -4.06. The van der Waals surface area contributed by atoms with Gasteiger partial charge in [0.05, 0.1) is 11.3 Å². The fourth-order valence-electron chi connectivity index (χ4n) is 4.60. The molecule has 11 nitrogen and oxygen atoms in total. The number of anilines is 2. The molecule has 1 saturated heterocycles. The zero-order chi connectivity index (χ0) is 30.8. The lowest BCUT2D eigenvalue weighted by Gasteiger charge is -2.33. The number of carboxylic acid groups (broad SMARTS) is 1. The highest BCUT2D eigenvalue weighted by Gasteiger charge is 2.26. The number of piperidine rings is 1. The number of nitrogens with one attached hydrogen (secondary N) is 1. The first-order valence-electron chi connectivity index (χ1n) is 13.8. The van der Waals surface area contributed by atoms with Crippen LogP contribution in [0.15, 0.2) is 34.6 Å². The number of esters is 1. The molecule has 3 aromatic heterocycles. The second kappa shape index (κ2) is 12.0. The van der Waals surface area contributed by atoms with Gasteiger partial charge in [0.25, 0.3) is 11.5 Å². The summed E-state index contributed by atoms with van der Waals surface area (Å²) in [6.45, 7) is 12.4. The molecule has 224 valence electrons. The molecular formula is C30H37N5O6S. The Kier molecular flexibility index (Phi) is 8.86. The molecule has 2 N–H and O–H groups in total. The first-order valence-corrected chi connectivity index (χ1v) is 14.7. The van der Waals surface area contributed by atoms with E-state index in [4.69, 9.17) is 9.72 Å². The second-order valence-electron chi connectivity index (χ2n) is 12.4. The number of thiazole rings is 1. The van der Waals surface area contributed by atoms with Gasteiger partial charge in [-0.3, -0.25) is 24.1 Å². The number of fused-ring (bicyclic) bond motifs is 1. The van der Waals surface area contributed by atoms with Crippen LogP contribution in [0, 0.1) is 5.92 Å². The van der Waals surface area contributed by atoms with Crippen LogP contribution in [0.3, 0.4) is 0 Å². The molecule has 4 rings (SSSR count). The Morgan fingerprint density at radius 3 is 2.43 bits per heavy atom. The zero-order valence-electron chi connectivity index (χ0n) is 24.8. The van der Waals surface area contributed by atoms with Crippen LogP contribution in [-0.2, 0) is 19.7 Å². The number of rotatable bonds is 7. The Bertz CT molecular complexity index is 1590. The highest BCUT2D eigenvalue weighted by Crippen LogP contribution is 2.28. The summed E-state index contributed by atoms with van der Waals surface area (Å²) in [6, 6.07) is 3.07. The van der Waals surface area contributed by atoms with Gasteiger partial charge in [-0.25, -0.2) is 14.8 Å². The largest absolute Gasteiger partial charge is 0.481 e. The van der Waals surface area contributed by atoms with Crippen LogP contribution in [0.1, 0.15) is 82.4 Å². The van der Waals surface area contributed by atoms with Crippen LogP contribution in [-0.4, -0.2) is 56.0 Å². The van der Waals surface area contributed by atoms with Gasteiger partial charge in [-0.05, 0) is 57.7 Å². The highest BCUT2D eigenvalue weighted by atomic mass is 32.1. The van der Waals surface area contributed by atoms with Gasteiger partial charge < -0.3 is 14.7 Å². The predicted octanol–water partition coefficient (Wildman–Crippen LogP) is 4.75. The van der Waals surface area contributed by atoms with Crippen molar-refractivity contribution in [3.63, 3.8) is 0 Å². The van der Waals surface area contributed by atoms with E-state index in [0.717, 1.165) is 5.69 Å². The Balaban J connectivity index is 1.69. The molecule has 0 radical (unpaired) electrons. The van der Waals surface area contributed by atoms with E-state index in [9.17, 15) is 24.3 Å². The third-order valence-electron chi connectivity index (χ3n) is 6.77. The van der Waals surface area contributed by atoms with Crippen LogP contribution in [0.25, 0.3) is 11.7 Å². The minimum atomic E-state index is -0.838. The van der Waals surface area contributed by atoms with Crippen molar-refractivity contribution in [2.24, 2.45) is 5.92 Å². The average Bonchev–Trinajstić information content (AvgIpc) is 3.36. The number of carbonyl (C=O) groups is 3. The average molecular weight is 596 g/mol. The maximum atomic E-state index is 13.7. The summed E-state index contributed by atoms with van der Waals surface area (Å²) < 4.78 is 6.69. The van der Waals surface area contributed by atoms with Gasteiger partial charge in [0, 0.05) is 48.1 Å². The zero-order valence-corrected chi connectivity index (χ0v) is 25.6. The quantitative estimate of drug-likeness (QED) is 0.292. The smallest absolute Gasteiger partial charge is 0.331 e. The van der Waals surface area contributed by atoms with Crippen molar-refractivity contribution in [1.29, 1.82) is 0 Å². The molecule has 0 spiro atoms. The minimum Gasteiger partial charge on any atom is -0.481 e. The van der Waals surface area contributed by atoms with Gasteiger partial charge in [-0.1, -0.05) is 20.8 Å². The van der Waals surface area contributed by atoms with Crippen molar-refractivity contribution in [1.82, 2.24) is 14.4 Å². The monoisotopic (exact) mass is 595 g/mol. The lowest BCUT2D eigenvalue weighted by Crippen LogP contribution is -2.37. The molecular weight excluding hydrogens is 558 g/mol. The summed E-state index contributed by atoms with van der Waals surface area (Å²) in [5.74, 6) is -1.43. The molecule has 12 heteroatoms. The van der Waals surface area contributed by atoms with Crippen LogP contribution < -0.4 is 15.8 Å². The molecule has 0 atom stereocenters. The van der Waals surface area contributed by atoms with Crippen LogP contribution in [0.5, 0.6) is 0 Å². The number of ether oxygens (including phenoxy) is 1. The van der Waals surface area contributed by atoms with Gasteiger partial charge >= 0.3 is 11.9 Å². The number of carbonyl (C=O) groups excluding carboxylic acids is 2. The van der Waals surface area contributed by atoms with E-state index in [1.54, 1.807) is 20.8 Å². The first-order chi connectivity index (χ1) is 19.6. The summed E-state index contributed by atoms with van der Waals surface area (Å²) in [4.78, 5) is 61.6. The number of pyridine rings is 1. The molecule has 0 saturated carbocycles. The lowest BCUT2D eigenvalue weighted by molar-refractivity contribution is -0.148. The number of hydrogen-bond donors (Lipinski definition) is 2. The van der Waals surface area contributed by atoms with Crippen LogP contribution in [0.4, 0.5) is 10.9 Å². The number of amides is 1. The van der Waals surface area contributed by atoms with Gasteiger partial charge in [0.15, 0.2) is 5.13 Å². The van der Waals surface area contributed by atoms with Crippen molar-refractivity contribution in [3.8, 4) is 0 Å². The summed E-state index contributed by atoms with van der Waals surface area (Å²) in [5.41, 5.74) is 0.377. The predicted molar refractivity (Wildman–Crippen MR) is 162 cm³/mol. The Morgan fingerprint density at radius 1 is 1.14 bits per heavy atom. The van der Waals surface area contributed by atoms with Gasteiger partial charge in [-0.15, -0.1) is 11.3 Å². The molecule has 4 heterocycles. The topological polar surface area (TPSA) is 143 Å². The molecule has 3 aromatic rings. The number of carboxylic acids is 1. The molecule has 1 fully saturated rings. The summed E-state index contributed by atoms with van der Waals surface area (Å²) >= 11 is 1.34. The number of hydrogen-bond acceptors (Lipinski definition) is 9. The van der Waals surface area contributed by atoms with Crippen LogP contribution in [0.2, 0.25) is 0 Å². The first kappa shape index (κ1) is 30.9. The van der Waals surface area contributed by atoms with Crippen molar-refractivity contribution >= 4 is 51.9 Å². The highest BCUT2D eigenvalue weighted by molar-refractivity contribution is 7.14. The van der Waals surface area contributed by atoms with Gasteiger partial charge in [0.2, 0.25) is 0 Å². The Labute approximate surface area is 248 Å². The molecule has 1 aliphatic rings. The fraction of sp³-hybridized carbons (Fsp3) is 0.467. The Morgan fingerprint density at radius 2 is 1.83 bits per heavy atom. The van der Waals surface area contributed by atoms with Gasteiger partial charge in [-0.2, -0.15) is 0 Å². The number of nitrogens with zero attached hydrogens (tertiary/aromatic N) is 4. The van der Waals surface area contributed by atoms with E-state index in [-0.39, 0.29) is 34.9 Å². The summed E-state index contributed by atoms with van der Waals surface area (Å²) in [7, 11) is 0. The fourth-order valence-corrected chi connectivity index (χ4v) is 5.53. The van der Waals surface area contributed by atoms with E-state index >= 15 is 0 Å². The molecule has 1 aliphatic heterocycles. The molecule has 1 amide bonds. The maximum absolute atomic E-state index is 13.7. The van der Waals surface area contributed by atoms with E-state index in [1.807, 2.05) is 31.1 Å². The van der Waals surface area contributed by atoms with Crippen molar-refractivity contribution < 1.29 is 24.2 Å². The molecule has 0 aliphatic carbocycles. The van der Waals surface area contributed by atoms with Crippen LogP contribution >= 0.6 is 11.3 Å². The van der Waals surface area contributed by atoms with Crippen molar-refractivity contribution in [3.05, 3.63) is 57.0 Å². The summed E-state index contributed by atoms with van der Waals surface area (Å²) in [6.07, 6.45) is 5.42. The standard InChI is InChI=1S/C30H37N5O6S/c1-29(2,3)21-17-42-28(31-21)33-26(39)19-11-14-35-22(16-19)32-25(34-12-9-18(10-13-34)15-23(36)37)20(27(35)40)7-8-24(38)41-30(4,5)6/h7-8,11,14,16-18H,9-10,12-13,15H2,1-6H3,(H,36,37)(H,31,33,39)/b8-7+. The molecule has 0 bridgehead atoms. The molecule has 0 unspecified atom stereocenters. The number of aliphatic carboxylic acids is 1. The minimum absolute atomic E-state index is 0.0287. The summed E-state index contributed by atoms with van der Waals surface area (Å²) in [5, 5.41) is 14.4. The van der Waals surface area contributed by atoms with E-state index in [2.05, 4.69) is 10.3 Å². The van der Waals surface area contributed by atoms with E-state index < -0.39 is 23.1 Å². The SMILES string of the molecule is CC(C)(C)OC(=O)/C=C/c1c(N2CCC(CC(=O)O)CC2)nc2cc(C(=O)Nc3nc(C(C)(C)C)cs3)ccn2c1=O. The third-order valence-corrected chi connectivity index (χ3v) is 7.53. The second-order valence-corrected chi connectivity index (χ2v) is 13.3. The third kappa shape index (κ3) is 7.61. The maximum Gasteiger partial charge on any atom is 0.331 e. The molecule has 42 heavy (non-hydrogen) atoms. The lowest BCUT2D eigenvalue weighted by atomic mass is 9.93. The van der Waals surface area contributed by atoms with Gasteiger partial charge in [0.1, 0.15) is 17.1 Å². The number of aromatic nitrogens is 3. The van der Waals surface area contributed by atoms with Crippen molar-refractivity contribution in [2.75, 3.05) is 23.3 Å². The molecule has 0 aromatic carbocycles. The normalized spacial score (nSPS) is 14.9.